The lowest BCUT2D eigenvalue weighted by molar-refractivity contribution is -0.146. The second-order valence-corrected chi connectivity index (χ2v) is 6.18. The van der Waals surface area contributed by atoms with Crippen molar-refractivity contribution in [3.8, 4) is 0 Å². The second kappa shape index (κ2) is 7.82. The van der Waals surface area contributed by atoms with Crippen LogP contribution in [-0.2, 0) is 20.7 Å². The summed E-state index contributed by atoms with van der Waals surface area (Å²) in [6, 6.07) is 12.4. The normalized spacial score (nSPS) is 10.6. The number of carbonyl (C=O) groups excluding carboxylic acids is 2. The van der Waals surface area contributed by atoms with E-state index in [0.29, 0.717) is 22.2 Å². The van der Waals surface area contributed by atoms with Gasteiger partial charge < -0.3 is 10.1 Å². The monoisotopic (exact) mass is 365 g/mol. The molecule has 3 rings (SSSR count). The molecule has 2 aromatic carbocycles. The molecule has 0 spiro atoms. The Morgan fingerprint density at radius 3 is 2.59 bits per heavy atom. The quantitative estimate of drug-likeness (QED) is 0.676. The number of rotatable bonds is 5. The summed E-state index contributed by atoms with van der Waals surface area (Å²) in [6.07, 6.45) is -0.145. The first-order chi connectivity index (χ1) is 13.0. The first-order valence-electron chi connectivity index (χ1n) is 8.43. The topological polar surface area (TPSA) is 101 Å². The highest BCUT2D eigenvalue weighted by atomic mass is 16.5. The van der Waals surface area contributed by atoms with Gasteiger partial charge in [-0.05, 0) is 37.1 Å². The second-order valence-electron chi connectivity index (χ2n) is 6.18. The van der Waals surface area contributed by atoms with Crippen LogP contribution in [0.1, 0.15) is 16.8 Å². The van der Waals surface area contributed by atoms with Crippen LogP contribution in [0.5, 0.6) is 0 Å². The van der Waals surface area contributed by atoms with E-state index in [0.717, 1.165) is 11.1 Å². The Balaban J connectivity index is 1.62. The number of anilines is 1. The van der Waals surface area contributed by atoms with Gasteiger partial charge in [0.2, 0.25) is 0 Å². The fourth-order valence-electron chi connectivity index (χ4n) is 2.71. The number of aromatic amines is 1. The molecule has 138 valence electrons. The van der Waals surface area contributed by atoms with Crippen LogP contribution in [0, 0.1) is 13.8 Å². The summed E-state index contributed by atoms with van der Waals surface area (Å²) in [6.45, 7) is 3.46. The van der Waals surface area contributed by atoms with Gasteiger partial charge in [0.15, 0.2) is 6.61 Å². The predicted octanol–water partition coefficient (Wildman–Crippen LogP) is 2.26. The van der Waals surface area contributed by atoms with Crippen molar-refractivity contribution in [2.45, 2.75) is 20.3 Å². The molecule has 0 unspecified atom stereocenters. The first-order valence-corrected chi connectivity index (χ1v) is 8.43. The molecule has 0 radical (unpaired) electrons. The lowest BCUT2D eigenvalue weighted by Gasteiger charge is -2.10. The lowest BCUT2D eigenvalue weighted by Crippen LogP contribution is -2.23. The van der Waals surface area contributed by atoms with Crippen molar-refractivity contribution >= 4 is 28.3 Å². The molecule has 3 aromatic rings. The molecule has 0 saturated heterocycles. The van der Waals surface area contributed by atoms with E-state index in [4.69, 9.17) is 4.74 Å². The van der Waals surface area contributed by atoms with Gasteiger partial charge in [-0.25, -0.2) is 5.10 Å². The summed E-state index contributed by atoms with van der Waals surface area (Å²) in [5, 5.41) is 10.0. The largest absolute Gasteiger partial charge is 0.455 e. The summed E-state index contributed by atoms with van der Waals surface area (Å²) >= 11 is 0. The van der Waals surface area contributed by atoms with Crippen molar-refractivity contribution in [1.82, 2.24) is 10.2 Å². The number of esters is 1. The number of carbonyl (C=O) groups is 2. The molecule has 7 nitrogen and oxygen atoms in total. The highest BCUT2D eigenvalue weighted by molar-refractivity contribution is 5.94. The standard InChI is InChI=1S/C20H19N3O4/c1-12-6-5-9-16(13(12)2)21-18(24)11-27-19(25)10-17-14-7-3-4-8-15(14)20(26)23-22-17/h3-9H,10-11H2,1-2H3,(H,21,24)(H,23,26). The number of ether oxygens (including phenoxy) is 1. The van der Waals surface area contributed by atoms with Gasteiger partial charge in [-0.15, -0.1) is 0 Å². The Kier molecular flexibility index (Phi) is 5.30. The fourth-order valence-corrected chi connectivity index (χ4v) is 2.71. The molecular formula is C20H19N3O4. The van der Waals surface area contributed by atoms with Crippen molar-refractivity contribution in [3.05, 3.63) is 69.6 Å². The third kappa shape index (κ3) is 4.20. The minimum Gasteiger partial charge on any atom is -0.455 e. The van der Waals surface area contributed by atoms with Crippen LogP contribution in [0.15, 0.2) is 47.3 Å². The molecule has 1 aromatic heterocycles. The first kappa shape index (κ1) is 18.3. The molecule has 0 bridgehead atoms. The Bertz CT molecular complexity index is 1070. The lowest BCUT2D eigenvalue weighted by atomic mass is 10.1. The van der Waals surface area contributed by atoms with Crippen LogP contribution >= 0.6 is 0 Å². The average molecular weight is 365 g/mol. The molecule has 0 aliphatic rings. The van der Waals surface area contributed by atoms with Crippen LogP contribution in [0.4, 0.5) is 5.69 Å². The predicted molar refractivity (Wildman–Crippen MR) is 102 cm³/mol. The van der Waals surface area contributed by atoms with Crippen molar-refractivity contribution in [1.29, 1.82) is 0 Å². The van der Waals surface area contributed by atoms with E-state index in [1.165, 1.54) is 0 Å². The van der Waals surface area contributed by atoms with Crippen LogP contribution in [-0.4, -0.2) is 28.7 Å². The van der Waals surface area contributed by atoms with Gasteiger partial charge in [0.05, 0.1) is 17.5 Å². The minimum absolute atomic E-state index is 0.145. The van der Waals surface area contributed by atoms with E-state index >= 15 is 0 Å². The third-order valence-electron chi connectivity index (χ3n) is 4.33. The molecular weight excluding hydrogens is 346 g/mol. The number of nitrogens with zero attached hydrogens (tertiary/aromatic N) is 1. The number of fused-ring (bicyclic) bond motifs is 1. The van der Waals surface area contributed by atoms with Gasteiger partial charge in [0, 0.05) is 11.1 Å². The van der Waals surface area contributed by atoms with E-state index in [1.54, 1.807) is 30.3 Å². The van der Waals surface area contributed by atoms with Crippen LogP contribution < -0.4 is 10.9 Å². The Hall–Kier alpha value is -3.48. The maximum absolute atomic E-state index is 12.1. The van der Waals surface area contributed by atoms with Gasteiger partial charge in [0.1, 0.15) is 0 Å². The molecule has 0 saturated carbocycles. The Labute approximate surface area is 155 Å². The van der Waals surface area contributed by atoms with E-state index in [2.05, 4.69) is 15.5 Å². The van der Waals surface area contributed by atoms with E-state index in [9.17, 15) is 14.4 Å². The highest BCUT2D eigenvalue weighted by Gasteiger charge is 2.14. The van der Waals surface area contributed by atoms with Gasteiger partial charge in [-0.3, -0.25) is 14.4 Å². The summed E-state index contributed by atoms with van der Waals surface area (Å²) in [4.78, 5) is 35.9. The molecule has 0 atom stereocenters. The zero-order valence-corrected chi connectivity index (χ0v) is 15.0. The highest BCUT2D eigenvalue weighted by Crippen LogP contribution is 2.18. The fraction of sp³-hybridized carbons (Fsp3) is 0.200. The zero-order valence-electron chi connectivity index (χ0n) is 15.0. The molecule has 0 fully saturated rings. The van der Waals surface area contributed by atoms with Gasteiger partial charge in [-0.1, -0.05) is 30.3 Å². The molecule has 0 aliphatic heterocycles. The molecule has 7 heteroatoms. The molecule has 27 heavy (non-hydrogen) atoms. The van der Waals surface area contributed by atoms with E-state index < -0.39 is 18.5 Å². The summed E-state index contributed by atoms with van der Waals surface area (Å²) in [7, 11) is 0. The van der Waals surface area contributed by atoms with Gasteiger partial charge in [0.25, 0.3) is 11.5 Å². The van der Waals surface area contributed by atoms with Crippen molar-refractivity contribution in [2.75, 3.05) is 11.9 Å². The van der Waals surface area contributed by atoms with E-state index in [-0.39, 0.29) is 12.0 Å². The molecule has 0 aliphatic carbocycles. The van der Waals surface area contributed by atoms with Gasteiger partial charge >= 0.3 is 5.97 Å². The van der Waals surface area contributed by atoms with Crippen LogP contribution in [0.3, 0.4) is 0 Å². The number of nitrogens with one attached hydrogen (secondary N) is 2. The smallest absolute Gasteiger partial charge is 0.312 e. The molecule has 2 N–H and O–H groups in total. The van der Waals surface area contributed by atoms with Crippen molar-refractivity contribution < 1.29 is 14.3 Å². The maximum Gasteiger partial charge on any atom is 0.312 e. The number of H-pyrrole nitrogens is 1. The molecule has 1 heterocycles. The number of hydrogen-bond acceptors (Lipinski definition) is 5. The summed E-state index contributed by atoms with van der Waals surface area (Å²) in [5.74, 6) is -1.02. The molecule has 1 amide bonds. The number of hydrogen-bond donors (Lipinski definition) is 2. The number of amides is 1. The Morgan fingerprint density at radius 1 is 1.07 bits per heavy atom. The number of benzene rings is 2. The SMILES string of the molecule is Cc1cccc(NC(=O)COC(=O)Cc2n[nH]c(=O)c3ccccc23)c1C. The minimum atomic E-state index is -0.601. The third-order valence-corrected chi connectivity index (χ3v) is 4.33. The zero-order chi connectivity index (χ0) is 19.4. The number of aryl methyl sites for hydroxylation is 1. The van der Waals surface area contributed by atoms with E-state index in [1.807, 2.05) is 26.0 Å². The Morgan fingerprint density at radius 2 is 1.81 bits per heavy atom. The average Bonchev–Trinajstić information content (AvgIpc) is 2.66. The summed E-state index contributed by atoms with van der Waals surface area (Å²) in [5.41, 5.74) is 2.77. The van der Waals surface area contributed by atoms with Gasteiger partial charge in [-0.2, -0.15) is 5.10 Å². The van der Waals surface area contributed by atoms with Crippen LogP contribution in [0.2, 0.25) is 0 Å². The summed E-state index contributed by atoms with van der Waals surface area (Å²) < 4.78 is 5.05. The van der Waals surface area contributed by atoms with Crippen LogP contribution in [0.25, 0.3) is 10.8 Å². The van der Waals surface area contributed by atoms with Crippen molar-refractivity contribution in [3.63, 3.8) is 0 Å². The maximum atomic E-state index is 12.1. The number of aromatic nitrogens is 2. The van der Waals surface area contributed by atoms with Crippen molar-refractivity contribution in [2.24, 2.45) is 0 Å².